The first-order valence-corrected chi connectivity index (χ1v) is 9.90. The van der Waals surface area contributed by atoms with Crippen LogP contribution in [0.25, 0.3) is 0 Å². The van der Waals surface area contributed by atoms with Gasteiger partial charge < -0.3 is 20.7 Å². The molecule has 3 atom stereocenters. The molecular weight excluding hydrogens is 368 g/mol. The number of benzene rings is 1. The summed E-state index contributed by atoms with van der Waals surface area (Å²) in [6.07, 6.45) is 3.48. The molecule has 2 unspecified atom stereocenters. The first-order chi connectivity index (χ1) is 14.0. The van der Waals surface area contributed by atoms with E-state index >= 15 is 0 Å². The number of pyridine rings is 1. The summed E-state index contributed by atoms with van der Waals surface area (Å²) >= 11 is 0. The third-order valence-electron chi connectivity index (χ3n) is 5.54. The summed E-state index contributed by atoms with van der Waals surface area (Å²) in [5.74, 6) is 0.711. The van der Waals surface area contributed by atoms with Crippen LogP contribution in [-0.4, -0.2) is 47.0 Å². The third-order valence-corrected chi connectivity index (χ3v) is 5.54. The van der Waals surface area contributed by atoms with Crippen molar-refractivity contribution in [3.05, 3.63) is 53.7 Å². The molecular formula is C21H32N6O2. The summed E-state index contributed by atoms with van der Waals surface area (Å²) in [5, 5.41) is 14.2. The lowest BCUT2D eigenvalue weighted by Gasteiger charge is -2.29. The monoisotopic (exact) mass is 400 g/mol. The summed E-state index contributed by atoms with van der Waals surface area (Å²) in [6.45, 7) is 3.38. The molecule has 8 nitrogen and oxygen atoms in total. The number of aromatic nitrogens is 1. The number of carbonyl (C=O) groups is 1. The Hall–Kier alpha value is -3.13. The number of rotatable bonds is 5. The standard InChI is InChI=1S/C21H26N6O2.3H2/c1-2-18(13-6-4-3-5-7-13)25-21(28)26-19-9-17(22)16(10-24-19)20(23)27-11-15-8-14(27)12-29-15;;;/h3-7,9-10,14-15,18,23H,2,8,11-12H2,1H3,(H4,22,24,25,26,28);3*1H/t14?,15?,18-;;;/m1.../s1. The van der Waals surface area contributed by atoms with Crippen LogP contribution in [0, 0.1) is 5.41 Å². The molecule has 8 heteroatoms. The van der Waals surface area contributed by atoms with Crippen LogP contribution < -0.4 is 16.4 Å². The van der Waals surface area contributed by atoms with E-state index in [-0.39, 0.29) is 28.5 Å². The fraction of sp³-hybridized carbons (Fsp3) is 0.381. The predicted octanol–water partition coefficient (Wildman–Crippen LogP) is 3.47. The van der Waals surface area contributed by atoms with Gasteiger partial charge >= 0.3 is 6.03 Å². The van der Waals surface area contributed by atoms with Crippen molar-refractivity contribution in [3.63, 3.8) is 0 Å². The van der Waals surface area contributed by atoms with Crippen molar-refractivity contribution in [3.8, 4) is 0 Å². The van der Waals surface area contributed by atoms with Crippen LogP contribution in [0.15, 0.2) is 42.6 Å². The van der Waals surface area contributed by atoms with Crippen LogP contribution in [0.3, 0.4) is 0 Å². The molecule has 0 radical (unpaired) electrons. The minimum absolute atomic E-state index is 0. The van der Waals surface area contributed by atoms with Gasteiger partial charge in [-0.15, -0.1) is 0 Å². The zero-order chi connectivity index (χ0) is 20.4. The highest BCUT2D eigenvalue weighted by Gasteiger charge is 2.40. The number of morpholine rings is 1. The van der Waals surface area contributed by atoms with Crippen molar-refractivity contribution in [1.82, 2.24) is 15.2 Å². The number of amidine groups is 1. The number of nitrogens with zero attached hydrogens (tertiary/aromatic N) is 2. The average Bonchev–Trinajstić information content (AvgIpc) is 3.36. The van der Waals surface area contributed by atoms with Gasteiger partial charge in [-0.3, -0.25) is 10.7 Å². The highest BCUT2D eigenvalue weighted by molar-refractivity contribution is 6.02. The normalized spacial score (nSPS) is 21.1. The maximum Gasteiger partial charge on any atom is 0.320 e. The molecule has 0 saturated carbocycles. The van der Waals surface area contributed by atoms with E-state index in [1.807, 2.05) is 42.2 Å². The van der Waals surface area contributed by atoms with Crippen molar-refractivity contribution in [2.24, 2.45) is 0 Å². The third kappa shape index (κ3) is 4.02. The fourth-order valence-corrected chi connectivity index (χ4v) is 3.98. The topological polar surface area (TPSA) is 116 Å². The van der Waals surface area contributed by atoms with E-state index < -0.39 is 0 Å². The quantitative estimate of drug-likeness (QED) is 0.453. The van der Waals surface area contributed by atoms with Crippen LogP contribution in [0.5, 0.6) is 0 Å². The molecule has 2 fully saturated rings. The SMILES string of the molecule is CC[C@@H](NC(=O)Nc1cc(N)c(C(=N)N2CC3CC2CO3)cn1)c1ccccc1.[HH].[HH].[HH]. The first kappa shape index (κ1) is 19.2. The van der Waals surface area contributed by atoms with Gasteiger partial charge in [0.25, 0.3) is 0 Å². The number of carbonyl (C=O) groups excluding carboxylic acids is 1. The lowest BCUT2D eigenvalue weighted by Crippen LogP contribution is -2.41. The van der Waals surface area contributed by atoms with Gasteiger partial charge in [-0.1, -0.05) is 37.3 Å². The van der Waals surface area contributed by atoms with Gasteiger partial charge in [-0.25, -0.2) is 9.78 Å². The second-order valence-corrected chi connectivity index (χ2v) is 7.47. The summed E-state index contributed by atoms with van der Waals surface area (Å²) in [7, 11) is 0. The van der Waals surface area contributed by atoms with Crippen LogP contribution >= 0.6 is 0 Å². The molecule has 1 aromatic heterocycles. The molecule has 2 aliphatic heterocycles. The second-order valence-electron chi connectivity index (χ2n) is 7.47. The van der Waals surface area contributed by atoms with Gasteiger partial charge in [0.05, 0.1) is 30.4 Å². The Kier molecular flexibility index (Phi) is 5.35. The van der Waals surface area contributed by atoms with Crippen LogP contribution in [-0.2, 0) is 4.74 Å². The Morgan fingerprint density at radius 3 is 2.86 bits per heavy atom. The predicted molar refractivity (Wildman–Crippen MR) is 118 cm³/mol. The highest BCUT2D eigenvalue weighted by atomic mass is 16.5. The summed E-state index contributed by atoms with van der Waals surface area (Å²) in [6, 6.07) is 11.2. The number of hydrogen-bond donors (Lipinski definition) is 4. The van der Waals surface area contributed by atoms with Crippen molar-refractivity contribution in [2.75, 3.05) is 24.2 Å². The molecule has 2 aromatic rings. The maximum atomic E-state index is 12.4. The van der Waals surface area contributed by atoms with Crippen LogP contribution in [0.2, 0.25) is 0 Å². The number of fused-ring (bicyclic) bond motifs is 2. The van der Waals surface area contributed by atoms with E-state index in [0.717, 1.165) is 18.4 Å². The summed E-state index contributed by atoms with van der Waals surface area (Å²) in [4.78, 5) is 18.7. The Bertz CT molecular complexity index is 918. The molecule has 2 aliphatic rings. The molecule has 29 heavy (non-hydrogen) atoms. The molecule has 2 saturated heterocycles. The van der Waals surface area contributed by atoms with Gasteiger partial charge in [0.1, 0.15) is 11.7 Å². The number of nitrogens with one attached hydrogen (secondary N) is 3. The van der Waals surface area contributed by atoms with E-state index in [0.29, 0.717) is 36.1 Å². The molecule has 3 heterocycles. The van der Waals surface area contributed by atoms with Crippen molar-refractivity contribution >= 4 is 23.4 Å². The number of anilines is 2. The summed E-state index contributed by atoms with van der Waals surface area (Å²) < 4.78 is 5.59. The molecule has 1 aromatic carbocycles. The molecule has 4 rings (SSSR count). The minimum atomic E-state index is -0.343. The first-order valence-electron chi connectivity index (χ1n) is 9.90. The smallest absolute Gasteiger partial charge is 0.320 e. The zero-order valence-corrected chi connectivity index (χ0v) is 16.4. The average molecular weight is 401 g/mol. The number of amides is 2. The molecule has 158 valence electrons. The molecule has 0 spiro atoms. The molecule has 2 amide bonds. The largest absolute Gasteiger partial charge is 0.398 e. The fourth-order valence-electron chi connectivity index (χ4n) is 3.98. The van der Waals surface area contributed by atoms with E-state index in [1.165, 1.54) is 0 Å². The van der Waals surface area contributed by atoms with Gasteiger partial charge in [0.15, 0.2) is 0 Å². The number of nitrogen functional groups attached to an aromatic ring is 1. The second kappa shape index (κ2) is 8.08. The Morgan fingerprint density at radius 2 is 2.24 bits per heavy atom. The molecule has 2 bridgehead atoms. The Balaban J connectivity index is 0.00000171. The van der Waals surface area contributed by atoms with E-state index in [4.69, 9.17) is 15.9 Å². The number of nitrogens with two attached hydrogens (primary N) is 1. The lowest BCUT2D eigenvalue weighted by atomic mass is 10.1. The highest BCUT2D eigenvalue weighted by Crippen LogP contribution is 2.30. The van der Waals surface area contributed by atoms with Gasteiger partial charge in [-0.05, 0) is 18.4 Å². The van der Waals surface area contributed by atoms with E-state index in [2.05, 4.69) is 15.6 Å². The van der Waals surface area contributed by atoms with Crippen molar-refractivity contribution in [1.29, 1.82) is 5.41 Å². The minimum Gasteiger partial charge on any atom is -0.398 e. The number of urea groups is 1. The van der Waals surface area contributed by atoms with Crippen LogP contribution in [0.1, 0.15) is 41.2 Å². The summed E-state index contributed by atoms with van der Waals surface area (Å²) in [5.41, 5.74) is 8.20. The van der Waals surface area contributed by atoms with Crippen molar-refractivity contribution < 1.29 is 13.8 Å². The van der Waals surface area contributed by atoms with Crippen molar-refractivity contribution in [2.45, 2.75) is 38.0 Å². The van der Waals surface area contributed by atoms with E-state index in [1.54, 1.807) is 12.3 Å². The lowest BCUT2D eigenvalue weighted by molar-refractivity contribution is 0.0566. The van der Waals surface area contributed by atoms with E-state index in [9.17, 15) is 4.79 Å². The van der Waals surface area contributed by atoms with Gasteiger partial charge in [0.2, 0.25) is 0 Å². The number of likely N-dealkylation sites (tertiary alicyclic amines) is 1. The molecule has 5 N–H and O–H groups in total. The zero-order valence-electron chi connectivity index (χ0n) is 16.4. The number of hydrogen-bond acceptors (Lipinski definition) is 5. The Labute approximate surface area is 174 Å². The number of ether oxygens (including phenoxy) is 1. The Morgan fingerprint density at radius 1 is 1.45 bits per heavy atom. The van der Waals surface area contributed by atoms with Gasteiger partial charge in [-0.2, -0.15) is 0 Å². The molecule has 0 aliphatic carbocycles. The van der Waals surface area contributed by atoms with Crippen LogP contribution in [0.4, 0.5) is 16.3 Å². The maximum absolute atomic E-state index is 12.4. The van der Waals surface area contributed by atoms with Gasteiger partial charge in [0, 0.05) is 28.8 Å².